The van der Waals surface area contributed by atoms with Crippen LogP contribution in [0.4, 0.5) is 0 Å². The molecule has 0 aliphatic carbocycles. The Morgan fingerprint density at radius 3 is 3.05 bits per heavy atom. The molecule has 0 saturated heterocycles. The van der Waals surface area contributed by atoms with Crippen LogP contribution in [0.25, 0.3) is 0 Å². The molecule has 1 aromatic carbocycles. The molecule has 3 rings (SSSR count). The van der Waals surface area contributed by atoms with Crippen LogP contribution in [0, 0.1) is 0 Å². The molecule has 5 heteroatoms. The van der Waals surface area contributed by atoms with Crippen molar-refractivity contribution in [1.29, 1.82) is 0 Å². The number of nitrogens with zero attached hydrogens (tertiary/aromatic N) is 2. The number of ether oxygens (including phenoxy) is 1. The molecular formula is C16H21N3OS. The highest BCUT2D eigenvalue weighted by Crippen LogP contribution is 2.38. The number of thioether (sulfide) groups is 1. The SMILES string of the molecule is CCCNC(c1ccn(C)n1)C1CSc2ccccc2O1. The summed E-state index contributed by atoms with van der Waals surface area (Å²) in [6.07, 6.45) is 3.19. The Kier molecular flexibility index (Phi) is 4.51. The highest BCUT2D eigenvalue weighted by Gasteiger charge is 2.30. The summed E-state index contributed by atoms with van der Waals surface area (Å²) < 4.78 is 8.07. The second-order valence-electron chi connectivity index (χ2n) is 5.26. The number of para-hydroxylation sites is 1. The summed E-state index contributed by atoms with van der Waals surface area (Å²) >= 11 is 1.86. The monoisotopic (exact) mass is 303 g/mol. The van der Waals surface area contributed by atoms with Crippen LogP contribution in [0.5, 0.6) is 5.75 Å². The zero-order valence-corrected chi connectivity index (χ0v) is 13.3. The van der Waals surface area contributed by atoms with Gasteiger partial charge in [0.25, 0.3) is 0 Å². The number of hydrogen-bond acceptors (Lipinski definition) is 4. The smallest absolute Gasteiger partial charge is 0.133 e. The average molecular weight is 303 g/mol. The minimum Gasteiger partial charge on any atom is -0.486 e. The number of fused-ring (bicyclic) bond motifs is 1. The van der Waals surface area contributed by atoms with Gasteiger partial charge < -0.3 is 10.1 Å². The van der Waals surface area contributed by atoms with E-state index < -0.39 is 0 Å². The van der Waals surface area contributed by atoms with E-state index in [4.69, 9.17) is 4.74 Å². The molecule has 0 amide bonds. The predicted octanol–water partition coefficient (Wildman–Crippen LogP) is 3.01. The normalized spacial score (nSPS) is 18.9. The number of rotatable bonds is 5. The van der Waals surface area contributed by atoms with Crippen LogP contribution in [0.2, 0.25) is 0 Å². The molecule has 1 aromatic heterocycles. The van der Waals surface area contributed by atoms with Gasteiger partial charge in [0, 0.05) is 23.9 Å². The van der Waals surface area contributed by atoms with E-state index in [9.17, 15) is 0 Å². The number of aromatic nitrogens is 2. The van der Waals surface area contributed by atoms with E-state index in [2.05, 4.69) is 35.5 Å². The largest absolute Gasteiger partial charge is 0.486 e. The fraction of sp³-hybridized carbons (Fsp3) is 0.438. The van der Waals surface area contributed by atoms with Gasteiger partial charge in [-0.25, -0.2) is 0 Å². The molecular weight excluding hydrogens is 282 g/mol. The minimum atomic E-state index is 0.103. The summed E-state index contributed by atoms with van der Waals surface area (Å²) in [7, 11) is 1.95. The molecule has 0 spiro atoms. The van der Waals surface area contributed by atoms with Crippen LogP contribution < -0.4 is 10.1 Å². The van der Waals surface area contributed by atoms with Crippen LogP contribution in [0.15, 0.2) is 41.4 Å². The van der Waals surface area contributed by atoms with E-state index in [0.717, 1.165) is 30.2 Å². The molecule has 2 aromatic rings. The van der Waals surface area contributed by atoms with Gasteiger partial charge in [-0.1, -0.05) is 19.1 Å². The Bertz CT molecular complexity index is 599. The van der Waals surface area contributed by atoms with Crippen LogP contribution in [0.1, 0.15) is 25.1 Å². The number of nitrogens with one attached hydrogen (secondary N) is 1. The standard InChI is InChI=1S/C16H21N3OS/c1-3-9-17-16(12-8-10-19(2)18-12)14-11-21-15-7-5-4-6-13(15)20-14/h4-8,10,14,16-17H,3,9,11H2,1-2H3. The Morgan fingerprint density at radius 2 is 2.29 bits per heavy atom. The van der Waals surface area contributed by atoms with Crippen LogP contribution in [-0.4, -0.2) is 28.2 Å². The Balaban J connectivity index is 1.81. The summed E-state index contributed by atoms with van der Waals surface area (Å²) in [5, 5.41) is 8.15. The summed E-state index contributed by atoms with van der Waals surface area (Å²) in [4.78, 5) is 1.23. The van der Waals surface area contributed by atoms with Crippen molar-refractivity contribution >= 4 is 11.8 Å². The van der Waals surface area contributed by atoms with Crippen LogP contribution in [0.3, 0.4) is 0 Å². The van der Waals surface area contributed by atoms with Gasteiger partial charge in [-0.05, 0) is 31.2 Å². The van der Waals surface area contributed by atoms with Crippen LogP contribution in [-0.2, 0) is 7.05 Å². The van der Waals surface area contributed by atoms with Crippen molar-refractivity contribution in [2.75, 3.05) is 12.3 Å². The van der Waals surface area contributed by atoms with Gasteiger partial charge in [-0.15, -0.1) is 11.8 Å². The maximum absolute atomic E-state index is 6.22. The fourth-order valence-corrected chi connectivity index (χ4v) is 3.56. The summed E-state index contributed by atoms with van der Waals surface area (Å²) in [6, 6.07) is 10.4. The summed E-state index contributed by atoms with van der Waals surface area (Å²) in [6.45, 7) is 3.14. The topological polar surface area (TPSA) is 39.1 Å². The predicted molar refractivity (Wildman–Crippen MR) is 85.8 cm³/mol. The van der Waals surface area contributed by atoms with Crippen molar-refractivity contribution in [1.82, 2.24) is 15.1 Å². The third-order valence-electron chi connectivity index (χ3n) is 3.57. The van der Waals surface area contributed by atoms with E-state index in [0.29, 0.717) is 0 Å². The lowest BCUT2D eigenvalue weighted by Gasteiger charge is -2.31. The molecule has 0 bridgehead atoms. The summed E-state index contributed by atoms with van der Waals surface area (Å²) in [5.74, 6) is 1.92. The number of aryl methyl sites for hydroxylation is 1. The first-order chi connectivity index (χ1) is 10.3. The Morgan fingerprint density at radius 1 is 1.43 bits per heavy atom. The number of hydrogen-bond donors (Lipinski definition) is 1. The maximum atomic E-state index is 6.22. The van der Waals surface area contributed by atoms with E-state index in [1.54, 1.807) is 0 Å². The maximum Gasteiger partial charge on any atom is 0.133 e. The van der Waals surface area contributed by atoms with Gasteiger partial charge >= 0.3 is 0 Å². The van der Waals surface area contributed by atoms with Gasteiger partial charge in [-0.2, -0.15) is 5.10 Å². The van der Waals surface area contributed by atoms with Crippen molar-refractivity contribution < 1.29 is 4.74 Å². The lowest BCUT2D eigenvalue weighted by Crippen LogP contribution is -2.39. The van der Waals surface area contributed by atoms with Crippen molar-refractivity contribution in [3.05, 3.63) is 42.2 Å². The van der Waals surface area contributed by atoms with Crippen molar-refractivity contribution in [2.24, 2.45) is 7.05 Å². The molecule has 1 aliphatic heterocycles. The van der Waals surface area contributed by atoms with Gasteiger partial charge in [0.15, 0.2) is 0 Å². The Labute approximate surface area is 129 Å². The van der Waals surface area contributed by atoms with Gasteiger partial charge in [0.2, 0.25) is 0 Å². The average Bonchev–Trinajstić information content (AvgIpc) is 2.94. The van der Waals surface area contributed by atoms with Crippen molar-refractivity contribution in [2.45, 2.75) is 30.4 Å². The zero-order chi connectivity index (χ0) is 14.7. The summed E-state index contributed by atoms with van der Waals surface area (Å²) in [5.41, 5.74) is 1.05. The number of benzene rings is 1. The lowest BCUT2D eigenvalue weighted by atomic mass is 10.1. The molecule has 112 valence electrons. The molecule has 0 saturated carbocycles. The van der Waals surface area contributed by atoms with Crippen LogP contribution >= 0.6 is 11.8 Å². The van der Waals surface area contributed by atoms with E-state index in [-0.39, 0.29) is 12.1 Å². The quantitative estimate of drug-likeness (QED) is 0.921. The van der Waals surface area contributed by atoms with E-state index in [1.807, 2.05) is 41.8 Å². The molecule has 4 nitrogen and oxygen atoms in total. The third-order valence-corrected chi connectivity index (χ3v) is 4.71. The lowest BCUT2D eigenvalue weighted by molar-refractivity contribution is 0.164. The molecule has 0 radical (unpaired) electrons. The third kappa shape index (κ3) is 3.24. The second kappa shape index (κ2) is 6.54. The first-order valence-corrected chi connectivity index (χ1v) is 8.38. The Hall–Kier alpha value is -1.46. The highest BCUT2D eigenvalue weighted by atomic mass is 32.2. The first kappa shape index (κ1) is 14.5. The van der Waals surface area contributed by atoms with Gasteiger partial charge in [0.05, 0.1) is 11.7 Å². The first-order valence-electron chi connectivity index (χ1n) is 7.39. The van der Waals surface area contributed by atoms with E-state index in [1.165, 1.54) is 4.90 Å². The molecule has 2 unspecified atom stereocenters. The molecule has 1 aliphatic rings. The highest BCUT2D eigenvalue weighted by molar-refractivity contribution is 7.99. The molecule has 21 heavy (non-hydrogen) atoms. The molecule has 0 fully saturated rings. The molecule has 2 heterocycles. The van der Waals surface area contributed by atoms with Gasteiger partial charge in [-0.3, -0.25) is 4.68 Å². The van der Waals surface area contributed by atoms with Crippen molar-refractivity contribution in [3.63, 3.8) is 0 Å². The second-order valence-corrected chi connectivity index (χ2v) is 6.32. The fourth-order valence-electron chi connectivity index (χ4n) is 2.53. The van der Waals surface area contributed by atoms with E-state index >= 15 is 0 Å². The molecule has 1 N–H and O–H groups in total. The zero-order valence-electron chi connectivity index (χ0n) is 12.5. The molecule has 2 atom stereocenters. The van der Waals surface area contributed by atoms with Gasteiger partial charge in [0.1, 0.15) is 11.9 Å². The minimum absolute atomic E-state index is 0.103. The van der Waals surface area contributed by atoms with Crippen molar-refractivity contribution in [3.8, 4) is 5.75 Å².